The summed E-state index contributed by atoms with van der Waals surface area (Å²) in [5, 5.41) is 6.32. The third-order valence-electron chi connectivity index (χ3n) is 6.63. The molecule has 1 aliphatic rings. The van der Waals surface area contributed by atoms with Crippen molar-refractivity contribution in [2.24, 2.45) is 5.92 Å². The van der Waals surface area contributed by atoms with E-state index < -0.39 is 40.4 Å². The van der Waals surface area contributed by atoms with E-state index in [0.29, 0.717) is 25.1 Å². The van der Waals surface area contributed by atoms with Gasteiger partial charge in [-0.1, -0.05) is 30.3 Å². The van der Waals surface area contributed by atoms with Crippen molar-refractivity contribution in [1.82, 2.24) is 20.3 Å². The molecule has 0 spiro atoms. The minimum Gasteiger partial charge on any atom is -0.350 e. The highest BCUT2D eigenvalue weighted by Gasteiger charge is 2.23. The molecule has 1 fully saturated rings. The summed E-state index contributed by atoms with van der Waals surface area (Å²) in [5.41, 5.74) is 0.973. The molecule has 4 aromatic rings. The normalized spacial score (nSPS) is 18.8. The molecular weight excluding hydrogens is 544 g/mol. The van der Waals surface area contributed by atoms with Crippen LogP contribution in [0.3, 0.4) is 0 Å². The Bertz CT molecular complexity index is 1600. The van der Waals surface area contributed by atoms with Crippen molar-refractivity contribution in [2.75, 3.05) is 29.8 Å². The van der Waals surface area contributed by atoms with Crippen LogP contribution in [0.1, 0.15) is 17.5 Å². The molecule has 0 aliphatic carbocycles. The van der Waals surface area contributed by atoms with Crippen LogP contribution in [0.15, 0.2) is 54.7 Å². The van der Waals surface area contributed by atoms with Gasteiger partial charge < -0.3 is 15.4 Å². The minimum absolute atomic E-state index is 0.0227. The average molecular weight is 573 g/mol. The van der Waals surface area contributed by atoms with Gasteiger partial charge in [0.05, 0.1) is 24.3 Å². The lowest BCUT2D eigenvalue weighted by atomic mass is 9.97. The Labute approximate surface area is 229 Å². The number of alkyl halides is 2. The molecule has 3 heterocycles. The maximum atomic E-state index is 15.1. The van der Waals surface area contributed by atoms with E-state index in [0.717, 1.165) is 12.1 Å². The number of aromatic nitrogens is 3. The van der Waals surface area contributed by atoms with Crippen LogP contribution in [0.4, 0.5) is 29.2 Å². The topological polar surface area (TPSA) is 91.8 Å². The number of halogens is 4. The molecule has 1 unspecified atom stereocenters. The van der Waals surface area contributed by atoms with Gasteiger partial charge in [-0.05, 0) is 36.1 Å². The summed E-state index contributed by atoms with van der Waals surface area (Å²) in [5.74, 6) is 1.76. The van der Waals surface area contributed by atoms with Crippen LogP contribution in [-0.2, 0) is 22.1 Å². The minimum atomic E-state index is -3.11. The summed E-state index contributed by atoms with van der Waals surface area (Å²) in [6.45, 7) is -0.109. The first kappa shape index (κ1) is 27.8. The summed E-state index contributed by atoms with van der Waals surface area (Å²) in [7, 11) is -3.11. The summed E-state index contributed by atoms with van der Waals surface area (Å²) in [6.07, 6.45) is 2.01. The van der Waals surface area contributed by atoms with Gasteiger partial charge in [-0.2, -0.15) is 0 Å². The first-order chi connectivity index (χ1) is 19.2. The van der Waals surface area contributed by atoms with Gasteiger partial charge in [0.1, 0.15) is 23.4 Å². The number of hydrogen-bond donors (Lipinski definition) is 3. The number of rotatable bonds is 9. The van der Waals surface area contributed by atoms with Crippen LogP contribution in [0.2, 0.25) is 0 Å². The number of hydrogen-bond acceptors (Lipinski definition) is 6. The molecule has 0 saturated carbocycles. The second-order valence-electron chi connectivity index (χ2n) is 9.84. The number of piperidine rings is 1. The Morgan fingerprint density at radius 3 is 2.50 bits per heavy atom. The van der Waals surface area contributed by atoms with Gasteiger partial charge in [-0.25, -0.2) is 32.3 Å². The number of nitrogens with one attached hydrogen (secondary N) is 3. The molecule has 0 amide bonds. The van der Waals surface area contributed by atoms with Gasteiger partial charge in [-0.3, -0.25) is 4.39 Å². The predicted molar refractivity (Wildman–Crippen MR) is 151 cm³/mol. The van der Waals surface area contributed by atoms with Gasteiger partial charge in [0.15, 0.2) is 11.6 Å². The van der Waals surface area contributed by atoms with Crippen molar-refractivity contribution >= 4 is 38.2 Å². The summed E-state index contributed by atoms with van der Waals surface area (Å²) >= 11 is 0. The van der Waals surface area contributed by atoms with Gasteiger partial charge in [0.25, 0.3) is 0 Å². The van der Waals surface area contributed by atoms with Crippen molar-refractivity contribution in [3.63, 3.8) is 0 Å². The lowest BCUT2D eigenvalue weighted by molar-refractivity contribution is 0.282. The predicted octanol–water partition coefficient (Wildman–Crippen LogP) is 5.04. The van der Waals surface area contributed by atoms with E-state index in [2.05, 4.69) is 36.2 Å². The Hall–Kier alpha value is -3.77. The van der Waals surface area contributed by atoms with E-state index in [1.807, 2.05) is 0 Å². The van der Waals surface area contributed by atoms with E-state index in [-0.39, 0.29) is 51.5 Å². The highest BCUT2D eigenvalue weighted by molar-refractivity contribution is 8.00. The average Bonchev–Trinajstić information content (AvgIpc) is 2.94. The fraction of sp³-hybridized carbons (Fsp3) is 0.286. The molecule has 1 aliphatic heterocycles. The molecule has 1 saturated heterocycles. The molecule has 0 bridgehead atoms. The van der Waals surface area contributed by atoms with Gasteiger partial charge >= 0.3 is 0 Å². The molecule has 7 nitrogen and oxygen atoms in total. The van der Waals surface area contributed by atoms with Crippen LogP contribution in [0.25, 0.3) is 22.3 Å². The number of nitrogens with zero attached hydrogens (tertiary/aromatic N) is 3. The molecule has 0 radical (unpaired) electrons. The lowest BCUT2D eigenvalue weighted by Gasteiger charge is -2.29. The zero-order chi connectivity index (χ0) is 28.3. The van der Waals surface area contributed by atoms with Crippen molar-refractivity contribution < 1.29 is 21.8 Å². The Morgan fingerprint density at radius 1 is 1.05 bits per heavy atom. The van der Waals surface area contributed by atoms with E-state index in [9.17, 15) is 13.0 Å². The van der Waals surface area contributed by atoms with Crippen LogP contribution >= 0.6 is 0 Å². The van der Waals surface area contributed by atoms with Gasteiger partial charge in [-0.15, -0.1) is 0 Å². The standard InChI is InChI=1S/C28H28F4N6OS/c1-40(39,16-17-5-3-2-4-6-17)38-27-22(31)8-19(9-23(27)32)24-10-20(12-30)26-25(36-24)15-34-28(37-26)35-21-7-18(11-29)13-33-14-21/h2-6,8-10,15,18,21,33H,1,7,11-14,16H2,(H,38,39)(H,34,35,37)/t18-,21-,40?/m0/s1. The fourth-order valence-corrected chi connectivity index (χ4v) is 6.10. The third-order valence-corrected chi connectivity index (χ3v) is 8.01. The highest BCUT2D eigenvalue weighted by atomic mass is 32.2. The number of fused-ring (bicyclic) bond motifs is 1. The van der Waals surface area contributed by atoms with Crippen molar-refractivity contribution in [2.45, 2.75) is 24.9 Å². The molecule has 12 heteroatoms. The second kappa shape index (κ2) is 11.8. The first-order valence-electron chi connectivity index (χ1n) is 12.7. The van der Waals surface area contributed by atoms with Crippen LogP contribution in [0, 0.1) is 17.6 Å². The lowest BCUT2D eigenvalue weighted by Crippen LogP contribution is -2.44. The van der Waals surface area contributed by atoms with Crippen molar-refractivity contribution in [1.29, 1.82) is 0 Å². The van der Waals surface area contributed by atoms with Crippen LogP contribution in [-0.4, -0.2) is 50.8 Å². The van der Waals surface area contributed by atoms with Crippen molar-refractivity contribution in [3.05, 3.63) is 77.5 Å². The first-order valence-corrected chi connectivity index (χ1v) is 14.6. The Kier molecular flexibility index (Phi) is 8.17. The zero-order valence-corrected chi connectivity index (χ0v) is 22.3. The monoisotopic (exact) mass is 572 g/mol. The fourth-order valence-electron chi connectivity index (χ4n) is 4.73. The molecule has 2 aromatic carbocycles. The largest absolute Gasteiger partial charge is 0.350 e. The van der Waals surface area contributed by atoms with Crippen molar-refractivity contribution in [3.8, 4) is 11.3 Å². The van der Waals surface area contributed by atoms with E-state index in [4.69, 9.17) is 0 Å². The van der Waals surface area contributed by atoms with Gasteiger partial charge in [0, 0.05) is 45.9 Å². The van der Waals surface area contributed by atoms with Crippen LogP contribution < -0.4 is 15.4 Å². The van der Waals surface area contributed by atoms with Gasteiger partial charge in [0.2, 0.25) is 5.95 Å². The summed E-state index contributed by atoms with van der Waals surface area (Å²) in [4.78, 5) is 13.1. The van der Waals surface area contributed by atoms with E-state index in [1.54, 1.807) is 30.3 Å². The van der Waals surface area contributed by atoms with Crippen LogP contribution in [0.5, 0.6) is 0 Å². The number of anilines is 2. The van der Waals surface area contributed by atoms with E-state index in [1.165, 1.54) is 12.3 Å². The maximum absolute atomic E-state index is 15.1. The molecule has 2 aromatic heterocycles. The molecule has 210 valence electrons. The second-order valence-corrected chi connectivity index (χ2v) is 12.0. The molecule has 40 heavy (non-hydrogen) atoms. The van der Waals surface area contributed by atoms with E-state index >= 15 is 8.78 Å². The molecule has 5 rings (SSSR count). The summed E-state index contributed by atoms with van der Waals surface area (Å²) in [6, 6.07) is 12.2. The quantitative estimate of drug-likeness (QED) is 0.192. The SMILES string of the molecule is C=S(=O)(Cc1ccccc1)Nc1c(F)cc(-c2cc(CF)c3nc(N[C@@H]4CNC[C@H](CF)C4)ncc3n2)cc1F. The maximum Gasteiger partial charge on any atom is 0.223 e. The highest BCUT2D eigenvalue weighted by Crippen LogP contribution is 2.30. The Morgan fingerprint density at radius 2 is 1.80 bits per heavy atom. The Balaban J connectivity index is 1.40. The smallest absolute Gasteiger partial charge is 0.223 e. The number of benzene rings is 2. The zero-order valence-electron chi connectivity index (χ0n) is 21.5. The third kappa shape index (κ3) is 6.34. The summed E-state index contributed by atoms with van der Waals surface area (Å²) < 4.78 is 72.7. The molecule has 3 atom stereocenters. The molecule has 3 N–H and O–H groups in total. The molecular formula is C28H28F4N6OS. The number of pyridine rings is 1.